The van der Waals surface area contributed by atoms with Gasteiger partial charge in [-0.05, 0) is 45.0 Å². The number of nitrogens with one attached hydrogen (secondary N) is 1. The van der Waals surface area contributed by atoms with E-state index in [1.807, 2.05) is 19.9 Å². The van der Waals surface area contributed by atoms with E-state index in [-0.39, 0.29) is 24.3 Å². The van der Waals surface area contributed by atoms with Crippen LogP contribution in [0.5, 0.6) is 0 Å². The zero-order valence-corrected chi connectivity index (χ0v) is 15.6. The van der Waals surface area contributed by atoms with E-state index in [0.29, 0.717) is 5.56 Å². The van der Waals surface area contributed by atoms with Crippen molar-refractivity contribution in [2.24, 2.45) is 0 Å². The molecule has 26 heavy (non-hydrogen) atoms. The van der Waals surface area contributed by atoms with E-state index in [9.17, 15) is 18.8 Å². The summed E-state index contributed by atoms with van der Waals surface area (Å²) in [6.07, 6.45) is -1.13. The Morgan fingerprint density at radius 1 is 1.19 bits per heavy atom. The Labute approximate surface area is 155 Å². The lowest BCUT2D eigenvalue weighted by Crippen LogP contribution is -2.30. The second-order valence-electron chi connectivity index (χ2n) is 5.88. The first kappa shape index (κ1) is 19.8. The van der Waals surface area contributed by atoms with Crippen molar-refractivity contribution in [3.05, 3.63) is 51.5 Å². The van der Waals surface area contributed by atoms with E-state index in [0.717, 1.165) is 15.8 Å². The number of Topliss-reactive ketones (excluding diaryl/α,β-unsaturated/α-hetero) is 1. The number of thiophene rings is 1. The van der Waals surface area contributed by atoms with Crippen LogP contribution >= 0.6 is 11.3 Å². The van der Waals surface area contributed by atoms with E-state index >= 15 is 0 Å². The standard InChI is InChI=1S/C19H20FNO4S/c1-11-9-16(13(3)26-11)17(22)7-8-18(23)25-12(2)19(24)21-15-6-4-5-14(20)10-15/h4-6,9-10,12H,7-8H2,1-3H3,(H,21,24). The van der Waals surface area contributed by atoms with Gasteiger partial charge in [-0.15, -0.1) is 11.3 Å². The van der Waals surface area contributed by atoms with Gasteiger partial charge >= 0.3 is 5.97 Å². The van der Waals surface area contributed by atoms with Crippen molar-refractivity contribution < 1.29 is 23.5 Å². The lowest BCUT2D eigenvalue weighted by Gasteiger charge is -2.13. The molecule has 0 radical (unpaired) electrons. The van der Waals surface area contributed by atoms with Gasteiger partial charge in [-0.25, -0.2) is 4.39 Å². The van der Waals surface area contributed by atoms with Crippen LogP contribution < -0.4 is 5.32 Å². The maximum atomic E-state index is 13.1. The van der Waals surface area contributed by atoms with Crippen molar-refractivity contribution in [2.75, 3.05) is 5.32 Å². The molecule has 2 rings (SSSR count). The summed E-state index contributed by atoms with van der Waals surface area (Å²) in [6, 6.07) is 7.21. The normalized spacial score (nSPS) is 11.7. The summed E-state index contributed by atoms with van der Waals surface area (Å²) in [6.45, 7) is 5.20. The average molecular weight is 377 g/mol. The van der Waals surface area contributed by atoms with Gasteiger partial charge in [0.2, 0.25) is 0 Å². The van der Waals surface area contributed by atoms with Gasteiger partial charge in [-0.1, -0.05) is 6.07 Å². The number of anilines is 1. The molecule has 1 heterocycles. The van der Waals surface area contributed by atoms with Crippen LogP contribution in [-0.2, 0) is 14.3 Å². The van der Waals surface area contributed by atoms with E-state index in [2.05, 4.69) is 5.32 Å². The highest BCUT2D eigenvalue weighted by molar-refractivity contribution is 7.12. The molecule has 0 saturated heterocycles. The summed E-state index contributed by atoms with van der Waals surface area (Å²) in [5.41, 5.74) is 0.897. The number of rotatable bonds is 7. The van der Waals surface area contributed by atoms with Gasteiger partial charge in [0.15, 0.2) is 11.9 Å². The number of amides is 1. The Kier molecular flexibility index (Phi) is 6.63. The fourth-order valence-electron chi connectivity index (χ4n) is 2.38. The van der Waals surface area contributed by atoms with Gasteiger partial charge in [0, 0.05) is 27.4 Å². The maximum absolute atomic E-state index is 13.1. The minimum Gasteiger partial charge on any atom is -0.453 e. The molecule has 7 heteroatoms. The third-order valence-electron chi connectivity index (χ3n) is 3.67. The van der Waals surface area contributed by atoms with Crippen molar-refractivity contribution in [1.82, 2.24) is 0 Å². The van der Waals surface area contributed by atoms with Gasteiger partial charge in [-0.2, -0.15) is 0 Å². The number of ether oxygens (including phenoxy) is 1. The Morgan fingerprint density at radius 3 is 2.54 bits per heavy atom. The smallest absolute Gasteiger partial charge is 0.307 e. The molecule has 138 valence electrons. The summed E-state index contributed by atoms with van der Waals surface area (Å²) < 4.78 is 18.1. The number of hydrogen-bond donors (Lipinski definition) is 1. The monoisotopic (exact) mass is 377 g/mol. The summed E-state index contributed by atoms with van der Waals surface area (Å²) in [5, 5.41) is 2.47. The third-order valence-corrected chi connectivity index (χ3v) is 4.63. The number of carbonyl (C=O) groups is 3. The van der Waals surface area contributed by atoms with Gasteiger partial charge in [0.05, 0.1) is 6.42 Å². The predicted molar refractivity (Wildman–Crippen MR) is 97.9 cm³/mol. The summed E-state index contributed by atoms with van der Waals surface area (Å²) in [4.78, 5) is 38.0. The predicted octanol–water partition coefficient (Wildman–Crippen LogP) is 4.04. The number of benzene rings is 1. The number of esters is 1. The van der Waals surface area contributed by atoms with Crippen LogP contribution in [0.1, 0.15) is 39.9 Å². The zero-order valence-electron chi connectivity index (χ0n) is 14.8. The number of carbonyl (C=O) groups excluding carboxylic acids is 3. The van der Waals surface area contributed by atoms with Crippen molar-refractivity contribution in [3.63, 3.8) is 0 Å². The van der Waals surface area contributed by atoms with E-state index in [1.54, 1.807) is 0 Å². The van der Waals surface area contributed by atoms with Crippen LogP contribution in [0.25, 0.3) is 0 Å². The second-order valence-corrected chi connectivity index (χ2v) is 7.34. The van der Waals surface area contributed by atoms with Crippen LogP contribution in [0.2, 0.25) is 0 Å². The maximum Gasteiger partial charge on any atom is 0.307 e. The largest absolute Gasteiger partial charge is 0.453 e. The minimum atomic E-state index is -1.05. The van der Waals surface area contributed by atoms with Crippen molar-refractivity contribution >= 4 is 34.7 Å². The molecular formula is C19H20FNO4S. The van der Waals surface area contributed by atoms with Crippen molar-refractivity contribution in [1.29, 1.82) is 0 Å². The Balaban J connectivity index is 1.82. The molecular weight excluding hydrogens is 357 g/mol. The highest BCUT2D eigenvalue weighted by Crippen LogP contribution is 2.22. The Morgan fingerprint density at radius 2 is 1.92 bits per heavy atom. The zero-order chi connectivity index (χ0) is 19.3. The molecule has 1 unspecified atom stereocenters. The summed E-state index contributed by atoms with van der Waals surface area (Å²) >= 11 is 1.53. The van der Waals surface area contributed by atoms with Crippen LogP contribution in [0.15, 0.2) is 30.3 Å². The molecule has 0 saturated carbocycles. The first-order valence-electron chi connectivity index (χ1n) is 8.12. The number of aryl methyl sites for hydroxylation is 2. The molecule has 1 aromatic carbocycles. The number of halogens is 1. The van der Waals surface area contributed by atoms with Crippen LogP contribution in [0.4, 0.5) is 10.1 Å². The summed E-state index contributed by atoms with van der Waals surface area (Å²) in [7, 11) is 0. The van der Waals surface area contributed by atoms with Crippen molar-refractivity contribution in [2.45, 2.75) is 39.7 Å². The highest BCUT2D eigenvalue weighted by atomic mass is 32.1. The van der Waals surface area contributed by atoms with E-state index < -0.39 is 23.8 Å². The Hall–Kier alpha value is -2.54. The lowest BCUT2D eigenvalue weighted by molar-refractivity contribution is -0.153. The molecule has 1 N–H and O–H groups in total. The fourth-order valence-corrected chi connectivity index (χ4v) is 3.32. The molecule has 1 atom stereocenters. The fraction of sp³-hybridized carbons (Fsp3) is 0.316. The molecule has 1 amide bonds. The van der Waals surface area contributed by atoms with Crippen LogP contribution in [0, 0.1) is 19.7 Å². The molecule has 2 aromatic rings. The molecule has 0 aliphatic rings. The lowest BCUT2D eigenvalue weighted by atomic mass is 10.1. The molecule has 0 fully saturated rings. The SMILES string of the molecule is Cc1cc(C(=O)CCC(=O)OC(C)C(=O)Nc2cccc(F)c2)c(C)s1. The molecule has 0 bridgehead atoms. The number of hydrogen-bond acceptors (Lipinski definition) is 5. The van der Waals surface area contributed by atoms with E-state index in [4.69, 9.17) is 4.74 Å². The molecule has 0 aliphatic carbocycles. The molecule has 5 nitrogen and oxygen atoms in total. The minimum absolute atomic E-state index is 0.0219. The van der Waals surface area contributed by atoms with Gasteiger partial charge in [-0.3, -0.25) is 14.4 Å². The number of ketones is 1. The Bertz CT molecular complexity index is 831. The van der Waals surface area contributed by atoms with Crippen molar-refractivity contribution in [3.8, 4) is 0 Å². The molecule has 0 aliphatic heterocycles. The topological polar surface area (TPSA) is 72.5 Å². The van der Waals surface area contributed by atoms with Gasteiger partial charge in [0.25, 0.3) is 5.91 Å². The summed E-state index contributed by atoms with van der Waals surface area (Å²) in [5.74, 6) is -1.81. The van der Waals surface area contributed by atoms with Gasteiger partial charge < -0.3 is 10.1 Å². The molecule has 0 spiro atoms. The quantitative estimate of drug-likeness (QED) is 0.584. The van der Waals surface area contributed by atoms with Crippen LogP contribution in [0.3, 0.4) is 0 Å². The highest BCUT2D eigenvalue weighted by Gasteiger charge is 2.20. The molecule has 1 aromatic heterocycles. The van der Waals surface area contributed by atoms with Gasteiger partial charge in [0.1, 0.15) is 5.82 Å². The first-order valence-corrected chi connectivity index (χ1v) is 8.94. The second kappa shape index (κ2) is 8.71. The third kappa shape index (κ3) is 5.49. The van der Waals surface area contributed by atoms with Crippen LogP contribution in [-0.4, -0.2) is 23.8 Å². The average Bonchev–Trinajstić information content (AvgIpc) is 2.91. The first-order chi connectivity index (χ1) is 12.3. The van der Waals surface area contributed by atoms with E-state index in [1.165, 1.54) is 36.5 Å².